The van der Waals surface area contributed by atoms with Crippen molar-refractivity contribution in [3.63, 3.8) is 0 Å². The molecule has 0 saturated carbocycles. The van der Waals surface area contributed by atoms with Gasteiger partial charge in [-0.05, 0) is 0 Å². The summed E-state index contributed by atoms with van der Waals surface area (Å²) in [6, 6.07) is 0. The fraction of sp³-hybridized carbons (Fsp3) is 0.167. The van der Waals surface area contributed by atoms with Crippen LogP contribution in [0.2, 0.25) is 0 Å². The van der Waals surface area contributed by atoms with Crippen molar-refractivity contribution >= 4 is 4.40 Å². The van der Waals surface area contributed by atoms with Crippen LogP contribution in [0, 0.1) is 0 Å². The van der Waals surface area contributed by atoms with Crippen molar-refractivity contribution in [3.8, 4) is 0 Å². The van der Waals surface area contributed by atoms with Gasteiger partial charge in [-0.1, -0.05) is 0 Å². The van der Waals surface area contributed by atoms with Crippen molar-refractivity contribution in [3.05, 3.63) is 24.4 Å². The molecule has 0 heterocycles. The molecule has 0 saturated heterocycles. The van der Waals surface area contributed by atoms with Gasteiger partial charge in [0.05, 0.1) is 0 Å². The molecule has 0 rings (SSSR count). The van der Waals surface area contributed by atoms with Crippen LogP contribution in [0.25, 0.3) is 0 Å². The number of nitrogens with one attached hydrogen (secondary N) is 1. The molecule has 0 amide bonds. The summed E-state index contributed by atoms with van der Waals surface area (Å²) in [5, 5.41) is 2.89. The molecule has 0 aliphatic rings. The van der Waals surface area contributed by atoms with Gasteiger partial charge in [-0.25, -0.2) is 0 Å². The number of rotatable bonds is 3. The second-order valence-corrected chi connectivity index (χ2v) is 2.15. The normalized spacial score (nSPS) is 10.6. The summed E-state index contributed by atoms with van der Waals surface area (Å²) in [7, 11) is 1.88. The van der Waals surface area contributed by atoms with Crippen LogP contribution in [0.1, 0.15) is 0 Å². The van der Waals surface area contributed by atoms with Gasteiger partial charge < -0.3 is 0 Å². The zero-order chi connectivity index (χ0) is 6.24. The second kappa shape index (κ2) is 6.84. The Labute approximate surface area is 60.9 Å². The number of hydrogen-bond acceptors (Lipinski definition) is 1. The summed E-state index contributed by atoms with van der Waals surface area (Å²) in [4.78, 5) is 0. The van der Waals surface area contributed by atoms with Gasteiger partial charge in [0.25, 0.3) is 0 Å². The third-order valence-corrected chi connectivity index (χ3v) is 1.13. The predicted octanol–water partition coefficient (Wildman–Crippen LogP) is 0.625. The van der Waals surface area contributed by atoms with Crippen molar-refractivity contribution in [1.82, 2.24) is 5.32 Å². The molecular weight excluding hydrogens is 270 g/mol. The van der Waals surface area contributed by atoms with Crippen molar-refractivity contribution < 1.29 is 19.4 Å². The van der Waals surface area contributed by atoms with Crippen molar-refractivity contribution in [1.29, 1.82) is 0 Å². The molecule has 0 fully saturated rings. The Morgan fingerprint density at radius 3 is 2.50 bits per heavy atom. The van der Waals surface area contributed by atoms with E-state index in [-0.39, 0.29) is 0 Å². The number of hydrogen-bond donors (Lipinski definition) is 1. The van der Waals surface area contributed by atoms with E-state index in [1.807, 2.05) is 31.5 Å². The third kappa shape index (κ3) is 5.84. The summed E-state index contributed by atoms with van der Waals surface area (Å²) >= 11 is 1.48. The van der Waals surface area contributed by atoms with E-state index in [2.05, 4.69) is 9.72 Å². The first-order valence-corrected chi connectivity index (χ1v) is 4.05. The molecule has 8 heavy (non-hydrogen) atoms. The van der Waals surface area contributed by atoms with Crippen LogP contribution in [0.5, 0.6) is 0 Å². The van der Waals surface area contributed by atoms with Gasteiger partial charge in [-0.15, -0.1) is 0 Å². The maximum atomic E-state index is 2.89. The Kier molecular flexibility index (Phi) is 6.70. The summed E-state index contributed by atoms with van der Waals surface area (Å²) in [5.41, 5.74) is 0. The molecule has 0 aromatic rings. The predicted molar refractivity (Wildman–Crippen MR) is 33.4 cm³/mol. The van der Waals surface area contributed by atoms with Crippen LogP contribution in [0.4, 0.5) is 0 Å². The topological polar surface area (TPSA) is 12.0 Å². The molecule has 1 N–H and O–H groups in total. The van der Waals surface area contributed by atoms with Gasteiger partial charge in [0, 0.05) is 0 Å². The Morgan fingerprint density at radius 2 is 2.00 bits per heavy atom. The van der Waals surface area contributed by atoms with Gasteiger partial charge >= 0.3 is 60.5 Å². The van der Waals surface area contributed by atoms with Gasteiger partial charge in [0.15, 0.2) is 0 Å². The minimum atomic E-state index is 1.48. The van der Waals surface area contributed by atoms with Gasteiger partial charge in [-0.3, -0.25) is 0 Å². The Balaban J connectivity index is 3.26. The fourth-order valence-electron chi connectivity index (χ4n) is 0.261. The van der Waals surface area contributed by atoms with Crippen LogP contribution in [0.3, 0.4) is 0 Å². The average molecular weight is 279 g/mol. The minimum absolute atomic E-state index is 1.48. The van der Waals surface area contributed by atoms with E-state index in [4.69, 9.17) is 0 Å². The van der Waals surface area contributed by atoms with E-state index in [1.54, 1.807) is 0 Å². The number of allylic oxidation sites excluding steroid dienone is 3. The van der Waals surface area contributed by atoms with Crippen LogP contribution in [-0.4, -0.2) is 11.4 Å². The fourth-order valence-corrected chi connectivity index (χ4v) is 0.587. The van der Waals surface area contributed by atoms with Crippen molar-refractivity contribution in [2.24, 2.45) is 0 Å². The van der Waals surface area contributed by atoms with Crippen molar-refractivity contribution in [2.45, 2.75) is 0 Å². The molecule has 0 bridgehead atoms. The first-order chi connectivity index (χ1) is 3.91. The van der Waals surface area contributed by atoms with Gasteiger partial charge in [0.1, 0.15) is 0 Å². The van der Waals surface area contributed by atoms with E-state index in [9.17, 15) is 0 Å². The molecule has 0 atom stereocenters. The molecule has 0 aliphatic carbocycles. The molecule has 0 unspecified atom stereocenters. The van der Waals surface area contributed by atoms with Crippen molar-refractivity contribution in [2.75, 3.05) is 7.05 Å². The molecule has 0 radical (unpaired) electrons. The molecule has 0 aliphatic heterocycles. The Hall–Kier alpha value is -0.162. The van der Waals surface area contributed by atoms with Crippen LogP contribution >= 0.6 is 0 Å². The van der Waals surface area contributed by atoms with Crippen LogP contribution < -0.4 is 5.32 Å². The summed E-state index contributed by atoms with van der Waals surface area (Å²) in [6.45, 7) is 0. The van der Waals surface area contributed by atoms with Crippen LogP contribution in [0.15, 0.2) is 24.4 Å². The first kappa shape index (κ1) is 7.84. The first-order valence-electron chi connectivity index (χ1n) is 2.36. The summed E-state index contributed by atoms with van der Waals surface area (Å²) in [5.74, 6) is 0. The zero-order valence-corrected chi connectivity index (χ0v) is 7.73. The molecule has 0 aromatic carbocycles. The quantitative estimate of drug-likeness (QED) is 0.747. The molecule has 1 nitrogen and oxygen atoms in total. The third-order valence-electron chi connectivity index (χ3n) is 0.564. The van der Waals surface area contributed by atoms with E-state index < -0.39 is 0 Å². The second-order valence-electron chi connectivity index (χ2n) is 1.17. The summed E-state index contributed by atoms with van der Waals surface area (Å²) < 4.78 is 2.07. The van der Waals surface area contributed by atoms with Gasteiger partial charge in [-0.2, -0.15) is 0 Å². The zero-order valence-electron chi connectivity index (χ0n) is 4.79. The molecule has 0 aromatic heterocycles. The standard InChI is InChI=1S/C6H9N.W/c1-3-4-5-6-7-2;/h1,3-7H,2H3;/b4-3-,6-5?;. The van der Waals surface area contributed by atoms with E-state index >= 15 is 0 Å². The SMILES string of the molecule is CNC=C/C=C\[CH]=[W]. The van der Waals surface area contributed by atoms with E-state index in [0.29, 0.717) is 0 Å². The monoisotopic (exact) mass is 279 g/mol. The Bertz CT molecular complexity index is 105. The van der Waals surface area contributed by atoms with Crippen LogP contribution in [-0.2, 0) is 19.4 Å². The summed E-state index contributed by atoms with van der Waals surface area (Å²) in [6.07, 6.45) is 7.85. The van der Waals surface area contributed by atoms with Gasteiger partial charge in [0.2, 0.25) is 0 Å². The van der Waals surface area contributed by atoms with E-state index in [0.717, 1.165) is 0 Å². The molecular formula is C6H9NW. The molecule has 2 heteroatoms. The average Bonchev–Trinajstić information content (AvgIpc) is 1.81. The Morgan fingerprint density at radius 1 is 1.25 bits per heavy atom. The molecule has 44 valence electrons. The van der Waals surface area contributed by atoms with E-state index in [1.165, 1.54) is 19.4 Å². The maximum absolute atomic E-state index is 2.89. The molecule has 0 spiro atoms.